The zero-order chi connectivity index (χ0) is 11.5. The fourth-order valence-corrected chi connectivity index (χ4v) is 1.56. The van der Waals surface area contributed by atoms with Crippen LogP contribution in [0.1, 0.15) is 0 Å². The highest BCUT2D eigenvalue weighted by Gasteiger charge is 2.31. The van der Waals surface area contributed by atoms with Gasteiger partial charge in [-0.15, -0.1) is 24.9 Å². The van der Waals surface area contributed by atoms with Crippen molar-refractivity contribution >= 4 is 11.8 Å². The summed E-state index contributed by atoms with van der Waals surface area (Å²) in [5.74, 6) is 0.0846. The Morgan fingerprint density at radius 1 is 1.27 bits per heavy atom. The highest BCUT2D eigenvalue weighted by atomic mass is 32.2. The van der Waals surface area contributed by atoms with Crippen molar-refractivity contribution in [3.8, 4) is 11.5 Å². The lowest BCUT2D eigenvalue weighted by atomic mass is 10.3. The summed E-state index contributed by atoms with van der Waals surface area (Å²) in [7, 11) is 1.40. The van der Waals surface area contributed by atoms with Crippen LogP contribution in [-0.2, 0) is 0 Å². The van der Waals surface area contributed by atoms with Crippen molar-refractivity contribution in [1.82, 2.24) is 0 Å². The van der Waals surface area contributed by atoms with Crippen LogP contribution in [0.5, 0.6) is 11.5 Å². The van der Waals surface area contributed by atoms with Crippen molar-refractivity contribution in [3.05, 3.63) is 18.2 Å². The lowest BCUT2D eigenvalue weighted by Crippen LogP contribution is -2.17. The number of ether oxygens (including phenoxy) is 2. The van der Waals surface area contributed by atoms with Gasteiger partial charge in [-0.25, -0.2) is 0 Å². The number of alkyl halides is 3. The lowest BCUT2D eigenvalue weighted by Gasteiger charge is -2.11. The highest BCUT2D eigenvalue weighted by Crippen LogP contribution is 2.33. The second kappa shape index (κ2) is 4.65. The van der Waals surface area contributed by atoms with Gasteiger partial charge in [-0.05, 0) is 18.4 Å². The van der Waals surface area contributed by atoms with Gasteiger partial charge in [0.15, 0.2) is 0 Å². The Hall–Kier alpha value is -1.04. The van der Waals surface area contributed by atoms with Crippen molar-refractivity contribution in [2.45, 2.75) is 11.3 Å². The summed E-state index contributed by atoms with van der Waals surface area (Å²) in [6, 6.07) is 3.98. The fourth-order valence-electron chi connectivity index (χ4n) is 1.01. The van der Waals surface area contributed by atoms with Crippen LogP contribution < -0.4 is 9.47 Å². The predicted octanol–water partition coefficient (Wildman–Crippen LogP) is 3.32. The topological polar surface area (TPSA) is 18.5 Å². The van der Waals surface area contributed by atoms with Gasteiger partial charge in [-0.3, -0.25) is 0 Å². The number of hydrogen-bond donors (Lipinski definition) is 0. The molecule has 0 bridgehead atoms. The summed E-state index contributed by atoms with van der Waals surface area (Å²) in [5.41, 5.74) is 0. The molecular weight excluding hydrogens is 229 g/mol. The van der Waals surface area contributed by atoms with E-state index in [4.69, 9.17) is 4.74 Å². The third kappa shape index (κ3) is 3.54. The molecule has 2 nitrogen and oxygen atoms in total. The molecular formula is C9H9F3O2S. The van der Waals surface area contributed by atoms with Gasteiger partial charge >= 0.3 is 6.36 Å². The lowest BCUT2D eigenvalue weighted by molar-refractivity contribution is -0.274. The average Bonchev–Trinajstić information content (AvgIpc) is 2.15. The largest absolute Gasteiger partial charge is 0.573 e. The molecule has 0 aliphatic rings. The molecule has 0 radical (unpaired) electrons. The fraction of sp³-hybridized carbons (Fsp3) is 0.333. The van der Waals surface area contributed by atoms with Crippen molar-refractivity contribution < 1.29 is 22.6 Å². The maximum absolute atomic E-state index is 11.9. The number of thioether (sulfide) groups is 1. The molecule has 0 saturated carbocycles. The zero-order valence-corrected chi connectivity index (χ0v) is 8.91. The minimum atomic E-state index is -4.67. The molecule has 1 aromatic carbocycles. The van der Waals surface area contributed by atoms with E-state index in [2.05, 4.69) is 4.74 Å². The third-order valence-corrected chi connectivity index (χ3v) is 2.37. The van der Waals surface area contributed by atoms with Crippen molar-refractivity contribution in [2.75, 3.05) is 13.4 Å². The number of halogens is 3. The van der Waals surface area contributed by atoms with E-state index < -0.39 is 6.36 Å². The second-order valence-electron chi connectivity index (χ2n) is 2.56. The number of hydrogen-bond acceptors (Lipinski definition) is 3. The molecule has 0 saturated heterocycles. The first-order valence-corrected chi connectivity index (χ1v) is 5.16. The van der Waals surface area contributed by atoms with E-state index in [9.17, 15) is 13.2 Å². The number of methoxy groups -OCH3 is 1. The van der Waals surface area contributed by atoms with Crippen molar-refractivity contribution in [1.29, 1.82) is 0 Å². The van der Waals surface area contributed by atoms with Crippen LogP contribution in [0.3, 0.4) is 0 Å². The third-order valence-electron chi connectivity index (χ3n) is 1.59. The molecule has 0 fully saturated rings. The summed E-state index contributed by atoms with van der Waals surface area (Å²) < 4.78 is 44.4. The van der Waals surface area contributed by atoms with Gasteiger partial charge < -0.3 is 9.47 Å². The zero-order valence-electron chi connectivity index (χ0n) is 8.09. The van der Waals surface area contributed by atoms with E-state index in [1.54, 1.807) is 0 Å². The molecule has 0 heterocycles. The van der Waals surface area contributed by atoms with Gasteiger partial charge in [0.25, 0.3) is 0 Å². The molecule has 84 valence electrons. The molecule has 1 rings (SSSR count). The monoisotopic (exact) mass is 238 g/mol. The van der Waals surface area contributed by atoms with E-state index in [1.165, 1.54) is 37.1 Å². The molecule has 0 amide bonds. The average molecular weight is 238 g/mol. The van der Waals surface area contributed by atoms with E-state index in [0.29, 0.717) is 5.75 Å². The van der Waals surface area contributed by atoms with Gasteiger partial charge in [0.2, 0.25) is 0 Å². The van der Waals surface area contributed by atoms with E-state index in [1.807, 2.05) is 6.26 Å². The Balaban J connectivity index is 2.93. The van der Waals surface area contributed by atoms with Crippen LogP contribution in [0.2, 0.25) is 0 Å². The van der Waals surface area contributed by atoms with Gasteiger partial charge in [-0.2, -0.15) is 0 Å². The van der Waals surface area contributed by atoms with E-state index >= 15 is 0 Å². The molecule has 0 unspecified atom stereocenters. The first-order chi connectivity index (χ1) is 6.96. The molecule has 15 heavy (non-hydrogen) atoms. The SMILES string of the molecule is COc1cc(OC(F)(F)F)ccc1SC. The van der Waals surface area contributed by atoms with Gasteiger partial charge in [0, 0.05) is 11.0 Å². The summed E-state index contributed by atoms with van der Waals surface area (Å²) >= 11 is 1.38. The van der Waals surface area contributed by atoms with Crippen LogP contribution in [0.4, 0.5) is 13.2 Å². The molecule has 0 aromatic heterocycles. The Kier molecular flexibility index (Phi) is 3.73. The summed E-state index contributed by atoms with van der Waals surface area (Å²) in [5, 5.41) is 0. The Bertz CT molecular complexity index is 339. The van der Waals surface area contributed by atoms with Gasteiger partial charge in [0.1, 0.15) is 11.5 Å². The maximum Gasteiger partial charge on any atom is 0.573 e. The van der Waals surface area contributed by atoms with Crippen LogP contribution in [0.25, 0.3) is 0 Å². The highest BCUT2D eigenvalue weighted by molar-refractivity contribution is 7.98. The van der Waals surface area contributed by atoms with Crippen LogP contribution in [-0.4, -0.2) is 19.7 Å². The molecule has 0 atom stereocenters. The molecule has 6 heteroatoms. The van der Waals surface area contributed by atoms with Crippen molar-refractivity contribution in [2.24, 2.45) is 0 Å². The smallest absolute Gasteiger partial charge is 0.495 e. The first kappa shape index (κ1) is 12.0. The maximum atomic E-state index is 11.9. The summed E-state index contributed by atoms with van der Waals surface area (Å²) in [4.78, 5) is 0.757. The first-order valence-electron chi connectivity index (χ1n) is 3.94. The van der Waals surface area contributed by atoms with Gasteiger partial charge in [-0.1, -0.05) is 0 Å². The number of benzene rings is 1. The van der Waals surface area contributed by atoms with Crippen LogP contribution in [0.15, 0.2) is 23.1 Å². The molecule has 0 spiro atoms. The van der Waals surface area contributed by atoms with Crippen LogP contribution in [0, 0.1) is 0 Å². The quantitative estimate of drug-likeness (QED) is 0.752. The second-order valence-corrected chi connectivity index (χ2v) is 3.41. The standard InChI is InChI=1S/C9H9F3O2S/c1-13-7-5-6(14-9(10,11)12)3-4-8(7)15-2/h3-5H,1-2H3. The van der Waals surface area contributed by atoms with Gasteiger partial charge in [0.05, 0.1) is 7.11 Å². The molecule has 0 aliphatic carbocycles. The predicted molar refractivity (Wildman–Crippen MR) is 51.5 cm³/mol. The Morgan fingerprint density at radius 3 is 2.40 bits per heavy atom. The Morgan fingerprint density at radius 2 is 1.93 bits per heavy atom. The normalized spacial score (nSPS) is 11.3. The number of rotatable bonds is 3. The molecule has 0 aliphatic heterocycles. The summed E-state index contributed by atoms with van der Waals surface area (Å²) in [6.07, 6.45) is -2.87. The summed E-state index contributed by atoms with van der Waals surface area (Å²) in [6.45, 7) is 0. The van der Waals surface area contributed by atoms with E-state index in [0.717, 1.165) is 4.90 Å². The van der Waals surface area contributed by atoms with Crippen molar-refractivity contribution in [3.63, 3.8) is 0 Å². The minimum absolute atomic E-state index is 0.280. The molecule has 1 aromatic rings. The van der Waals surface area contributed by atoms with E-state index in [-0.39, 0.29) is 5.75 Å². The Labute approximate surface area is 89.4 Å². The molecule has 0 N–H and O–H groups in total. The van der Waals surface area contributed by atoms with Crippen LogP contribution >= 0.6 is 11.8 Å². The minimum Gasteiger partial charge on any atom is -0.495 e.